The van der Waals surface area contributed by atoms with Crippen LogP contribution in [0, 0.1) is 10.1 Å². The molecule has 0 aliphatic carbocycles. The zero-order chi connectivity index (χ0) is 14.7. The average Bonchev–Trinajstić information content (AvgIpc) is 2.46. The molecule has 1 saturated heterocycles. The Morgan fingerprint density at radius 1 is 1.55 bits per heavy atom. The molecule has 0 amide bonds. The SMILES string of the molecule is CCN1CCN(c2nc(NC)ncc2[N+](=O)[O-])CC1C. The van der Waals surface area contributed by atoms with Gasteiger partial charge in [0.2, 0.25) is 11.8 Å². The molecule has 1 fully saturated rings. The average molecular weight is 280 g/mol. The standard InChI is InChI=1S/C12H20N6O2/c1-4-16-5-6-17(8-9(16)2)11-10(18(19)20)7-14-12(13-3)15-11/h7,9H,4-6,8H2,1-3H3,(H,13,14,15). The van der Waals surface area contributed by atoms with Gasteiger partial charge in [-0.15, -0.1) is 0 Å². The van der Waals surface area contributed by atoms with E-state index >= 15 is 0 Å². The second-order valence-electron chi connectivity index (χ2n) is 4.83. The Kier molecular flexibility index (Phi) is 4.33. The first-order chi connectivity index (χ1) is 9.56. The van der Waals surface area contributed by atoms with Gasteiger partial charge in [0.15, 0.2) is 0 Å². The minimum atomic E-state index is -0.425. The molecule has 110 valence electrons. The highest BCUT2D eigenvalue weighted by Crippen LogP contribution is 2.27. The van der Waals surface area contributed by atoms with Crippen LogP contribution < -0.4 is 10.2 Å². The Morgan fingerprint density at radius 2 is 2.30 bits per heavy atom. The van der Waals surface area contributed by atoms with Crippen LogP contribution in [0.2, 0.25) is 0 Å². The van der Waals surface area contributed by atoms with Crippen molar-refractivity contribution in [3.63, 3.8) is 0 Å². The number of hydrogen-bond donors (Lipinski definition) is 1. The number of piperazine rings is 1. The highest BCUT2D eigenvalue weighted by atomic mass is 16.6. The third-order valence-electron chi connectivity index (χ3n) is 3.64. The van der Waals surface area contributed by atoms with Gasteiger partial charge >= 0.3 is 5.69 Å². The molecule has 2 heterocycles. The lowest BCUT2D eigenvalue weighted by Gasteiger charge is -2.39. The number of nitrogens with one attached hydrogen (secondary N) is 1. The van der Waals surface area contributed by atoms with Gasteiger partial charge < -0.3 is 10.2 Å². The van der Waals surface area contributed by atoms with Gasteiger partial charge in [-0.1, -0.05) is 6.92 Å². The molecule has 1 N–H and O–H groups in total. The molecule has 1 aliphatic heterocycles. The van der Waals surface area contributed by atoms with Crippen molar-refractivity contribution in [1.82, 2.24) is 14.9 Å². The van der Waals surface area contributed by atoms with E-state index in [1.807, 2.05) is 4.90 Å². The summed E-state index contributed by atoms with van der Waals surface area (Å²) in [6.45, 7) is 7.59. The van der Waals surface area contributed by atoms with Crippen molar-refractivity contribution in [1.29, 1.82) is 0 Å². The van der Waals surface area contributed by atoms with Crippen molar-refractivity contribution in [3.8, 4) is 0 Å². The fourth-order valence-electron chi connectivity index (χ4n) is 2.51. The summed E-state index contributed by atoms with van der Waals surface area (Å²) in [4.78, 5) is 23.2. The van der Waals surface area contributed by atoms with Crippen LogP contribution in [0.1, 0.15) is 13.8 Å². The van der Waals surface area contributed by atoms with Crippen LogP contribution in [0.25, 0.3) is 0 Å². The van der Waals surface area contributed by atoms with Crippen LogP contribution in [-0.4, -0.2) is 59.1 Å². The van der Waals surface area contributed by atoms with E-state index in [0.29, 0.717) is 17.8 Å². The molecule has 2 rings (SSSR count). The maximum absolute atomic E-state index is 11.1. The molecule has 0 saturated carbocycles. The Balaban J connectivity index is 2.29. The molecule has 1 atom stereocenters. The van der Waals surface area contributed by atoms with Crippen LogP contribution in [0.5, 0.6) is 0 Å². The lowest BCUT2D eigenvalue weighted by molar-refractivity contribution is -0.384. The van der Waals surface area contributed by atoms with E-state index in [1.165, 1.54) is 6.20 Å². The molecule has 1 unspecified atom stereocenters. The first-order valence-corrected chi connectivity index (χ1v) is 6.75. The summed E-state index contributed by atoms with van der Waals surface area (Å²) >= 11 is 0. The summed E-state index contributed by atoms with van der Waals surface area (Å²) in [6.07, 6.45) is 1.27. The van der Waals surface area contributed by atoms with E-state index in [9.17, 15) is 10.1 Å². The van der Waals surface area contributed by atoms with Gasteiger partial charge in [-0.05, 0) is 13.5 Å². The van der Waals surface area contributed by atoms with Gasteiger partial charge in [-0.25, -0.2) is 4.98 Å². The molecular formula is C12H20N6O2. The van der Waals surface area contributed by atoms with E-state index in [-0.39, 0.29) is 5.69 Å². The van der Waals surface area contributed by atoms with Crippen molar-refractivity contribution < 1.29 is 4.92 Å². The number of nitro groups is 1. The van der Waals surface area contributed by atoms with Crippen LogP contribution >= 0.6 is 0 Å². The van der Waals surface area contributed by atoms with Gasteiger partial charge in [-0.2, -0.15) is 4.98 Å². The normalized spacial score (nSPS) is 19.9. The minimum Gasteiger partial charge on any atom is -0.357 e. The van der Waals surface area contributed by atoms with Crippen LogP contribution in [-0.2, 0) is 0 Å². The zero-order valence-electron chi connectivity index (χ0n) is 12.0. The number of aromatic nitrogens is 2. The first kappa shape index (κ1) is 14.4. The lowest BCUT2D eigenvalue weighted by Crippen LogP contribution is -2.52. The second kappa shape index (κ2) is 6.00. The molecule has 0 radical (unpaired) electrons. The molecule has 0 spiro atoms. The maximum Gasteiger partial charge on any atom is 0.329 e. The number of likely N-dealkylation sites (N-methyl/N-ethyl adjacent to an activating group) is 1. The zero-order valence-corrected chi connectivity index (χ0v) is 12.0. The molecule has 0 bridgehead atoms. The van der Waals surface area contributed by atoms with E-state index in [0.717, 1.165) is 26.2 Å². The van der Waals surface area contributed by atoms with Crippen molar-refractivity contribution in [2.45, 2.75) is 19.9 Å². The molecule has 1 aliphatic rings. The van der Waals surface area contributed by atoms with E-state index in [4.69, 9.17) is 0 Å². The topological polar surface area (TPSA) is 87.4 Å². The Morgan fingerprint density at radius 3 is 2.85 bits per heavy atom. The Bertz CT molecular complexity index is 495. The summed E-state index contributed by atoms with van der Waals surface area (Å²) in [5.41, 5.74) is -0.0406. The van der Waals surface area contributed by atoms with E-state index in [2.05, 4.69) is 34.0 Å². The number of hydrogen-bond acceptors (Lipinski definition) is 7. The largest absolute Gasteiger partial charge is 0.357 e. The summed E-state index contributed by atoms with van der Waals surface area (Å²) in [5, 5.41) is 14.0. The predicted octanol–water partition coefficient (Wildman–Crippen LogP) is 0.957. The number of nitrogens with zero attached hydrogens (tertiary/aromatic N) is 5. The molecule has 0 aromatic carbocycles. The van der Waals surface area contributed by atoms with Gasteiger partial charge in [-0.3, -0.25) is 15.0 Å². The molecule has 20 heavy (non-hydrogen) atoms. The number of anilines is 2. The molecule has 1 aromatic heterocycles. The van der Waals surface area contributed by atoms with Gasteiger partial charge in [0.05, 0.1) is 4.92 Å². The van der Waals surface area contributed by atoms with Gasteiger partial charge in [0, 0.05) is 32.7 Å². The Labute approximate surface area is 118 Å². The van der Waals surface area contributed by atoms with Crippen molar-refractivity contribution in [3.05, 3.63) is 16.3 Å². The Hall–Kier alpha value is -1.96. The summed E-state index contributed by atoms with van der Waals surface area (Å²) < 4.78 is 0. The van der Waals surface area contributed by atoms with Crippen LogP contribution in [0.3, 0.4) is 0 Å². The molecule has 8 nitrogen and oxygen atoms in total. The number of rotatable bonds is 4. The van der Waals surface area contributed by atoms with Crippen molar-refractivity contribution >= 4 is 17.5 Å². The predicted molar refractivity (Wildman–Crippen MR) is 77.2 cm³/mol. The van der Waals surface area contributed by atoms with Gasteiger partial charge in [0.25, 0.3) is 0 Å². The molecule has 1 aromatic rings. The van der Waals surface area contributed by atoms with Crippen molar-refractivity contribution in [2.75, 3.05) is 43.4 Å². The minimum absolute atomic E-state index is 0.0406. The fraction of sp³-hybridized carbons (Fsp3) is 0.667. The van der Waals surface area contributed by atoms with Crippen LogP contribution in [0.4, 0.5) is 17.5 Å². The molecule has 8 heteroatoms. The molecular weight excluding hydrogens is 260 g/mol. The highest BCUT2D eigenvalue weighted by Gasteiger charge is 2.28. The lowest BCUT2D eigenvalue weighted by atomic mass is 10.2. The summed E-state index contributed by atoms with van der Waals surface area (Å²) in [7, 11) is 1.70. The fourth-order valence-corrected chi connectivity index (χ4v) is 2.51. The monoisotopic (exact) mass is 280 g/mol. The second-order valence-corrected chi connectivity index (χ2v) is 4.83. The maximum atomic E-state index is 11.1. The van der Waals surface area contributed by atoms with E-state index in [1.54, 1.807) is 7.05 Å². The van der Waals surface area contributed by atoms with E-state index < -0.39 is 4.92 Å². The third kappa shape index (κ3) is 2.79. The smallest absolute Gasteiger partial charge is 0.329 e. The van der Waals surface area contributed by atoms with Crippen LogP contribution in [0.15, 0.2) is 6.20 Å². The third-order valence-corrected chi connectivity index (χ3v) is 3.64. The summed E-state index contributed by atoms with van der Waals surface area (Å²) in [5.74, 6) is 0.799. The summed E-state index contributed by atoms with van der Waals surface area (Å²) in [6, 6.07) is 0.348. The van der Waals surface area contributed by atoms with Crippen molar-refractivity contribution in [2.24, 2.45) is 0 Å². The van der Waals surface area contributed by atoms with Gasteiger partial charge in [0.1, 0.15) is 6.20 Å². The highest BCUT2D eigenvalue weighted by molar-refractivity contribution is 5.59. The first-order valence-electron chi connectivity index (χ1n) is 6.75. The quantitative estimate of drug-likeness (QED) is 0.649.